The maximum atomic E-state index is 12.9. The third-order valence-corrected chi connectivity index (χ3v) is 8.55. The topological polar surface area (TPSA) is 80.5 Å². The second kappa shape index (κ2) is 6.40. The number of piperidine rings is 1. The highest BCUT2D eigenvalue weighted by atomic mass is 32.2. The van der Waals surface area contributed by atoms with Crippen LogP contribution in [0.25, 0.3) is 5.65 Å². The van der Waals surface area contributed by atoms with E-state index in [1.807, 2.05) is 19.2 Å². The standard InChI is InChI=1S/C17H21N5O2S2/c1-11-8-16-18-10-19-22(16)9-15(11)14-4-6-21(7-5-14)26(23,24)17-12(2)20-13(3)25-17/h8-10,14H,4-7H2,1-3H3. The zero-order chi connectivity index (χ0) is 18.5. The third kappa shape index (κ3) is 2.93. The molecule has 0 atom stereocenters. The van der Waals surface area contributed by atoms with Crippen LogP contribution in [0.15, 0.2) is 22.8 Å². The van der Waals surface area contributed by atoms with Crippen LogP contribution in [0.1, 0.15) is 40.6 Å². The van der Waals surface area contributed by atoms with Gasteiger partial charge in [0.1, 0.15) is 6.33 Å². The number of hydrogen-bond acceptors (Lipinski definition) is 6. The van der Waals surface area contributed by atoms with Crippen LogP contribution < -0.4 is 0 Å². The zero-order valence-corrected chi connectivity index (χ0v) is 16.6. The monoisotopic (exact) mass is 391 g/mol. The molecular weight excluding hydrogens is 370 g/mol. The molecule has 0 saturated carbocycles. The van der Waals surface area contributed by atoms with Crippen molar-refractivity contribution in [3.05, 3.63) is 40.4 Å². The molecule has 26 heavy (non-hydrogen) atoms. The Balaban J connectivity index is 1.55. The van der Waals surface area contributed by atoms with Crippen LogP contribution in [-0.4, -0.2) is 45.4 Å². The Bertz CT molecular complexity index is 1060. The van der Waals surface area contributed by atoms with E-state index in [0.29, 0.717) is 28.9 Å². The highest BCUT2D eigenvalue weighted by Crippen LogP contribution is 2.34. The third-order valence-electron chi connectivity index (χ3n) is 4.99. The van der Waals surface area contributed by atoms with Crippen LogP contribution in [0.4, 0.5) is 0 Å². The molecule has 1 fully saturated rings. The number of hydrogen-bond donors (Lipinski definition) is 0. The molecule has 0 amide bonds. The Morgan fingerprint density at radius 2 is 1.92 bits per heavy atom. The molecule has 0 spiro atoms. The number of fused-ring (bicyclic) bond motifs is 1. The summed E-state index contributed by atoms with van der Waals surface area (Å²) in [4.78, 5) is 8.48. The minimum absolute atomic E-state index is 0.333. The van der Waals surface area contributed by atoms with Gasteiger partial charge in [-0.05, 0) is 56.7 Å². The van der Waals surface area contributed by atoms with E-state index in [1.54, 1.807) is 22.1 Å². The highest BCUT2D eigenvalue weighted by Gasteiger charge is 2.33. The van der Waals surface area contributed by atoms with E-state index >= 15 is 0 Å². The summed E-state index contributed by atoms with van der Waals surface area (Å²) in [5.41, 5.74) is 3.84. The molecule has 3 aromatic rings. The first-order chi connectivity index (χ1) is 12.4. The van der Waals surface area contributed by atoms with Crippen LogP contribution in [-0.2, 0) is 10.0 Å². The molecule has 0 aliphatic carbocycles. The van der Waals surface area contributed by atoms with Gasteiger partial charge in [-0.25, -0.2) is 22.9 Å². The number of pyridine rings is 1. The number of rotatable bonds is 3. The predicted molar refractivity (Wildman–Crippen MR) is 100 cm³/mol. The molecule has 4 heterocycles. The molecule has 0 N–H and O–H groups in total. The summed E-state index contributed by atoms with van der Waals surface area (Å²) in [6.45, 7) is 6.73. The normalized spacial score (nSPS) is 17.2. The lowest BCUT2D eigenvalue weighted by molar-refractivity contribution is 0.319. The van der Waals surface area contributed by atoms with Crippen molar-refractivity contribution in [3.8, 4) is 0 Å². The van der Waals surface area contributed by atoms with Gasteiger partial charge in [-0.3, -0.25) is 0 Å². The molecule has 1 aliphatic rings. The van der Waals surface area contributed by atoms with Crippen molar-refractivity contribution >= 4 is 27.0 Å². The van der Waals surface area contributed by atoms with Crippen molar-refractivity contribution in [1.29, 1.82) is 0 Å². The summed E-state index contributed by atoms with van der Waals surface area (Å²) < 4.78 is 29.7. The van der Waals surface area contributed by atoms with E-state index in [2.05, 4.69) is 22.0 Å². The van der Waals surface area contributed by atoms with Gasteiger partial charge in [-0.2, -0.15) is 9.40 Å². The molecule has 4 rings (SSSR count). The maximum absolute atomic E-state index is 12.9. The first-order valence-corrected chi connectivity index (χ1v) is 10.9. The summed E-state index contributed by atoms with van der Waals surface area (Å²) in [5, 5.41) is 5.00. The number of thiazole rings is 1. The maximum Gasteiger partial charge on any atom is 0.254 e. The molecule has 3 aromatic heterocycles. The molecular formula is C17H21N5O2S2. The Kier molecular flexibility index (Phi) is 4.32. The molecule has 1 aliphatic heterocycles. The average molecular weight is 392 g/mol. The minimum Gasteiger partial charge on any atom is -0.245 e. The van der Waals surface area contributed by atoms with E-state index in [9.17, 15) is 8.42 Å². The average Bonchev–Trinajstić information content (AvgIpc) is 3.19. The highest BCUT2D eigenvalue weighted by molar-refractivity contribution is 7.91. The molecule has 9 heteroatoms. The van der Waals surface area contributed by atoms with E-state index in [1.165, 1.54) is 22.5 Å². The summed E-state index contributed by atoms with van der Waals surface area (Å²) in [7, 11) is -3.45. The van der Waals surface area contributed by atoms with Crippen LogP contribution >= 0.6 is 11.3 Å². The van der Waals surface area contributed by atoms with E-state index in [-0.39, 0.29) is 0 Å². The van der Waals surface area contributed by atoms with Gasteiger partial charge in [-0.15, -0.1) is 11.3 Å². The Labute approximate surface area is 156 Å². The second-order valence-electron chi connectivity index (χ2n) is 6.76. The molecule has 138 valence electrons. The fraction of sp³-hybridized carbons (Fsp3) is 0.471. The summed E-state index contributed by atoms with van der Waals surface area (Å²) in [6, 6.07) is 2.04. The van der Waals surface area contributed by atoms with Gasteiger partial charge in [0.25, 0.3) is 10.0 Å². The molecule has 0 aromatic carbocycles. The van der Waals surface area contributed by atoms with Crippen LogP contribution in [0, 0.1) is 20.8 Å². The number of aromatic nitrogens is 4. The van der Waals surface area contributed by atoms with Crippen molar-refractivity contribution < 1.29 is 8.42 Å². The van der Waals surface area contributed by atoms with Gasteiger partial charge < -0.3 is 0 Å². The van der Waals surface area contributed by atoms with Crippen LogP contribution in [0.5, 0.6) is 0 Å². The van der Waals surface area contributed by atoms with Gasteiger partial charge in [0.2, 0.25) is 0 Å². The van der Waals surface area contributed by atoms with Gasteiger partial charge >= 0.3 is 0 Å². The van der Waals surface area contributed by atoms with E-state index < -0.39 is 10.0 Å². The van der Waals surface area contributed by atoms with E-state index in [4.69, 9.17) is 0 Å². The fourth-order valence-corrected chi connectivity index (χ4v) is 6.76. The van der Waals surface area contributed by atoms with Gasteiger partial charge in [-0.1, -0.05) is 0 Å². The largest absolute Gasteiger partial charge is 0.254 e. The molecule has 1 saturated heterocycles. The molecule has 0 bridgehead atoms. The smallest absolute Gasteiger partial charge is 0.245 e. The van der Waals surface area contributed by atoms with Crippen LogP contribution in [0.2, 0.25) is 0 Å². The lowest BCUT2D eigenvalue weighted by atomic mass is 9.89. The predicted octanol–water partition coefficient (Wildman–Crippen LogP) is 2.68. The van der Waals surface area contributed by atoms with Crippen molar-refractivity contribution in [1.82, 2.24) is 23.9 Å². The Morgan fingerprint density at radius 3 is 2.58 bits per heavy atom. The fourth-order valence-electron chi connectivity index (χ4n) is 3.68. The lowest BCUT2D eigenvalue weighted by Crippen LogP contribution is -2.38. The van der Waals surface area contributed by atoms with Crippen molar-refractivity contribution in [2.24, 2.45) is 0 Å². The van der Waals surface area contributed by atoms with Crippen molar-refractivity contribution in [3.63, 3.8) is 0 Å². The van der Waals surface area contributed by atoms with Gasteiger partial charge in [0.15, 0.2) is 9.86 Å². The minimum atomic E-state index is -3.45. The lowest BCUT2D eigenvalue weighted by Gasteiger charge is -2.31. The van der Waals surface area contributed by atoms with Gasteiger partial charge in [0, 0.05) is 19.3 Å². The van der Waals surface area contributed by atoms with Gasteiger partial charge in [0.05, 0.1) is 10.7 Å². The molecule has 7 nitrogen and oxygen atoms in total. The number of nitrogens with zero attached hydrogens (tertiary/aromatic N) is 5. The van der Waals surface area contributed by atoms with Crippen molar-refractivity contribution in [2.45, 2.75) is 43.7 Å². The quantitative estimate of drug-likeness (QED) is 0.686. The van der Waals surface area contributed by atoms with Crippen molar-refractivity contribution in [2.75, 3.05) is 13.1 Å². The molecule has 0 unspecified atom stereocenters. The first kappa shape index (κ1) is 17.6. The second-order valence-corrected chi connectivity index (χ2v) is 10.1. The number of aryl methyl sites for hydroxylation is 3. The Hall–Kier alpha value is -1.84. The SMILES string of the molecule is Cc1nc(C)c(S(=O)(=O)N2CCC(c3cn4ncnc4cc3C)CC2)s1. The summed E-state index contributed by atoms with van der Waals surface area (Å²) in [5.74, 6) is 0.333. The van der Waals surface area contributed by atoms with E-state index in [0.717, 1.165) is 23.5 Å². The van der Waals surface area contributed by atoms with Crippen LogP contribution in [0.3, 0.4) is 0 Å². The number of sulfonamides is 1. The zero-order valence-electron chi connectivity index (χ0n) is 15.0. The summed E-state index contributed by atoms with van der Waals surface area (Å²) >= 11 is 1.26. The summed E-state index contributed by atoms with van der Waals surface area (Å²) in [6.07, 6.45) is 5.19. The first-order valence-electron chi connectivity index (χ1n) is 8.60. The Morgan fingerprint density at radius 1 is 1.19 bits per heavy atom. The molecule has 0 radical (unpaired) electrons.